The lowest BCUT2D eigenvalue weighted by atomic mass is 10.0. The maximum Gasteiger partial charge on any atom is 0.326 e. The number of benzene rings is 2. The molecule has 0 aliphatic heterocycles. The highest BCUT2D eigenvalue weighted by Crippen LogP contribution is 2.12. The summed E-state index contributed by atoms with van der Waals surface area (Å²) in [5, 5.41) is 87.5. The second kappa shape index (κ2) is 48.4. The summed E-state index contributed by atoms with van der Waals surface area (Å²) in [4.78, 5) is 261. The lowest BCUT2D eigenvalue weighted by molar-refractivity contribution is -0.142. The van der Waals surface area contributed by atoms with Crippen LogP contribution in [0.4, 0.5) is 0 Å². The quantitative estimate of drug-likeness (QED) is 0.0166. The second-order valence-corrected chi connectivity index (χ2v) is 25.4. The molecule has 0 radical (unpaired) electrons. The molecule has 610 valence electrons. The average molecular weight is 1570 g/mol. The van der Waals surface area contributed by atoms with Crippen molar-refractivity contribution in [1.29, 1.82) is 5.41 Å². The molecular weight excluding hydrogens is 1470 g/mol. The monoisotopic (exact) mass is 1570 g/mol. The highest BCUT2D eigenvalue weighted by molar-refractivity contribution is 6.02. The van der Waals surface area contributed by atoms with E-state index in [1.54, 1.807) is 60.7 Å². The van der Waals surface area contributed by atoms with E-state index in [4.69, 9.17) is 34.1 Å². The molecule has 2 rings (SSSR count). The Hall–Kier alpha value is -13.0. The number of hydrogen-bond donors (Lipinski definition) is 25. The standard InChI is InChI=1S/C66H96N20O25/c1-31(2)53(86-49(92)29-74-55(100)35(67)16-19-45(68)88)64(109)84-42(26-47(70)90)61(106)83-43(27-52(97)98)62(107)82-41(25-46(69)89)60(105)79-37(18-21-51(95)96)57(102)78-36(17-20-50(93)94)56(101)75-28-48(91)77-39(23-33-11-6-4-7-12-33)58(103)81-40(24-34-13-8-5-9-14-34)59(104)85-44(30-87)63(108)76-32(3)54(99)80-38(65(110)111)15-10-22-73-66(71)72/h4-9,11-14,31-32,35-44,53,87H,10,15-30,67H2,1-3H3,(H2,68,88)(H2,69,89)(H2,70,90)(H,74,100)(H,75,101)(H,76,108)(H,77,91)(H,78,102)(H,79,105)(H,80,99)(H,81,103)(H,82,107)(H,83,106)(H,84,109)(H,85,104)(H,86,92)(H,93,94)(H,95,96)(H,97,98)(H,110,111)(H4,71,72,73)/t32-,35-,36-,37-,38-,39-,40-,41-,42-,43-,44-,53-/m0/s1. The SMILES string of the molecule is CC(C)[C@H](NC(=O)CNC(=O)[C@@H](N)CCC(N)=O)C(=O)N[C@@H](CC(N)=O)C(=O)N[C@@H](CC(=O)O)C(=O)N[C@@H](CC(N)=O)C(=O)N[C@@H](CCC(=O)O)C(=O)N[C@@H](CCC(=O)O)C(=O)NCC(=O)N[C@@H](Cc1ccccc1)C(=O)N[C@@H](Cc1ccccc1)C(=O)N[C@@H](CO)C(=O)N[C@@H](C)C(=O)N[C@@H](CCCNC(=N)N)C(=O)O. The summed E-state index contributed by atoms with van der Waals surface area (Å²) in [5.41, 5.74) is 27.6. The number of hydrogen-bond acceptors (Lipinski definition) is 23. The number of amides is 16. The van der Waals surface area contributed by atoms with Crippen molar-refractivity contribution < 1.29 is 121 Å². The lowest BCUT2D eigenvalue weighted by Gasteiger charge is -2.27. The van der Waals surface area contributed by atoms with Crippen LogP contribution in [0.15, 0.2) is 60.7 Å². The molecular formula is C66H96N20O25. The van der Waals surface area contributed by atoms with Gasteiger partial charge in [0.2, 0.25) is 94.5 Å². The van der Waals surface area contributed by atoms with E-state index in [-0.39, 0.29) is 51.0 Å². The Morgan fingerprint density at radius 2 is 0.766 bits per heavy atom. The summed E-state index contributed by atoms with van der Waals surface area (Å²) >= 11 is 0. The van der Waals surface area contributed by atoms with Gasteiger partial charge in [-0.15, -0.1) is 0 Å². The van der Waals surface area contributed by atoms with Gasteiger partial charge in [-0.3, -0.25) is 96.5 Å². The van der Waals surface area contributed by atoms with Gasteiger partial charge in [-0.05, 0) is 56.1 Å². The summed E-state index contributed by atoms with van der Waals surface area (Å²) in [6.45, 7) is 1.25. The fourth-order valence-corrected chi connectivity index (χ4v) is 9.97. The molecule has 45 heteroatoms. The van der Waals surface area contributed by atoms with Gasteiger partial charge in [-0.2, -0.15) is 0 Å². The zero-order valence-corrected chi connectivity index (χ0v) is 60.6. The summed E-state index contributed by atoms with van der Waals surface area (Å²) in [6.07, 6.45) is -8.05. The van der Waals surface area contributed by atoms with E-state index in [0.29, 0.717) is 11.1 Å². The van der Waals surface area contributed by atoms with Gasteiger partial charge in [0.15, 0.2) is 5.96 Å². The summed E-state index contributed by atoms with van der Waals surface area (Å²) in [5.74, 6) is -26.7. The molecule has 0 fully saturated rings. The molecule has 12 atom stereocenters. The molecule has 111 heavy (non-hydrogen) atoms. The van der Waals surface area contributed by atoms with Crippen LogP contribution in [0, 0.1) is 11.3 Å². The van der Waals surface area contributed by atoms with Crippen molar-refractivity contribution >= 4 is 124 Å². The zero-order valence-electron chi connectivity index (χ0n) is 60.6. The van der Waals surface area contributed by atoms with Crippen LogP contribution in [0.25, 0.3) is 0 Å². The molecule has 0 aliphatic carbocycles. The van der Waals surface area contributed by atoms with E-state index < -0.39 is 261 Å². The molecule has 0 aliphatic rings. The van der Waals surface area contributed by atoms with Crippen molar-refractivity contribution in [3.63, 3.8) is 0 Å². The molecule has 2 aromatic carbocycles. The van der Waals surface area contributed by atoms with E-state index in [1.165, 1.54) is 20.8 Å². The minimum Gasteiger partial charge on any atom is -0.481 e. The number of nitrogens with one attached hydrogen (secondary N) is 15. The maximum atomic E-state index is 14.4. The van der Waals surface area contributed by atoms with Crippen LogP contribution < -0.4 is 103 Å². The van der Waals surface area contributed by atoms with E-state index in [2.05, 4.69) is 63.8 Å². The topological polar surface area (TPSA) is 765 Å². The molecule has 0 spiro atoms. The molecule has 0 bridgehead atoms. The van der Waals surface area contributed by atoms with Crippen LogP contribution in [0.1, 0.15) is 103 Å². The van der Waals surface area contributed by atoms with Crippen molar-refractivity contribution in [1.82, 2.24) is 74.4 Å². The number of aliphatic carboxylic acids is 4. The normalized spacial score (nSPS) is 14.0. The first-order valence-electron chi connectivity index (χ1n) is 34.2. The van der Waals surface area contributed by atoms with E-state index in [1.807, 2.05) is 10.6 Å². The third-order valence-corrected chi connectivity index (χ3v) is 15.8. The molecule has 2 aromatic rings. The van der Waals surface area contributed by atoms with Crippen molar-refractivity contribution in [2.24, 2.45) is 34.6 Å². The van der Waals surface area contributed by atoms with Crippen LogP contribution >= 0.6 is 0 Å². The van der Waals surface area contributed by atoms with Gasteiger partial charge in [0.05, 0.1) is 45.0 Å². The van der Waals surface area contributed by atoms with Gasteiger partial charge < -0.3 is 129 Å². The highest BCUT2D eigenvalue weighted by Gasteiger charge is 2.38. The van der Waals surface area contributed by atoms with Crippen molar-refractivity contribution in [3.05, 3.63) is 71.8 Å². The Morgan fingerprint density at radius 1 is 0.378 bits per heavy atom. The molecule has 0 aromatic heterocycles. The molecule has 16 amide bonds. The fraction of sp³-hybridized carbons (Fsp3) is 0.500. The Kier molecular flexibility index (Phi) is 41.0. The Bertz CT molecular complexity index is 3680. The third kappa shape index (κ3) is 37.4. The van der Waals surface area contributed by atoms with Crippen molar-refractivity contribution in [2.75, 3.05) is 26.2 Å². The van der Waals surface area contributed by atoms with Gasteiger partial charge in [0, 0.05) is 38.6 Å². The number of aliphatic hydroxyl groups excluding tert-OH is 1. The number of aliphatic hydroxyl groups is 1. The van der Waals surface area contributed by atoms with E-state index >= 15 is 0 Å². The first-order chi connectivity index (χ1) is 52.1. The second-order valence-electron chi connectivity index (χ2n) is 25.4. The van der Waals surface area contributed by atoms with Crippen LogP contribution in [-0.2, 0) is 109 Å². The number of carboxylic acids is 4. The van der Waals surface area contributed by atoms with Crippen molar-refractivity contribution in [3.8, 4) is 0 Å². The third-order valence-electron chi connectivity index (χ3n) is 15.8. The predicted molar refractivity (Wildman–Crippen MR) is 382 cm³/mol. The van der Waals surface area contributed by atoms with Crippen LogP contribution in [0.3, 0.4) is 0 Å². The zero-order chi connectivity index (χ0) is 83.8. The minimum absolute atomic E-state index is 0.101. The smallest absolute Gasteiger partial charge is 0.326 e. The average Bonchev–Trinajstić information content (AvgIpc) is 0.856. The van der Waals surface area contributed by atoms with Gasteiger partial charge in [0.25, 0.3) is 0 Å². The van der Waals surface area contributed by atoms with Gasteiger partial charge >= 0.3 is 23.9 Å². The number of nitrogens with two attached hydrogens (primary N) is 5. The summed E-state index contributed by atoms with van der Waals surface area (Å²) in [7, 11) is 0. The number of rotatable bonds is 52. The summed E-state index contributed by atoms with van der Waals surface area (Å²) < 4.78 is 0. The number of carbonyl (C=O) groups is 20. The van der Waals surface area contributed by atoms with E-state index in [0.717, 1.165) is 0 Å². The first kappa shape index (κ1) is 94.1. The van der Waals surface area contributed by atoms with Crippen LogP contribution in [0.2, 0.25) is 0 Å². The fourth-order valence-electron chi connectivity index (χ4n) is 9.97. The molecule has 0 saturated carbocycles. The van der Waals surface area contributed by atoms with Gasteiger partial charge in [-0.1, -0.05) is 74.5 Å². The highest BCUT2D eigenvalue weighted by atomic mass is 16.4. The molecule has 45 nitrogen and oxygen atoms in total. The number of carbonyl (C=O) groups excluding carboxylic acids is 16. The number of primary amides is 3. The Morgan fingerprint density at radius 3 is 1.20 bits per heavy atom. The number of carboxylic acid groups (broad SMARTS) is 4. The molecule has 30 N–H and O–H groups in total. The van der Waals surface area contributed by atoms with Crippen LogP contribution in [-0.4, -0.2) is 249 Å². The Labute approximate surface area is 632 Å². The molecule has 0 saturated heterocycles. The lowest BCUT2D eigenvalue weighted by Crippen LogP contribution is -2.61. The van der Waals surface area contributed by atoms with Gasteiger partial charge in [-0.25, -0.2) is 4.79 Å². The van der Waals surface area contributed by atoms with Crippen LogP contribution in [0.5, 0.6) is 0 Å². The summed E-state index contributed by atoms with van der Waals surface area (Å²) in [6, 6.07) is -5.47. The molecule has 0 unspecified atom stereocenters. The minimum atomic E-state index is -2.28. The predicted octanol–water partition coefficient (Wildman–Crippen LogP) is -10.4. The number of guanidine groups is 1. The Balaban J connectivity index is 2.43. The molecule has 0 heterocycles. The van der Waals surface area contributed by atoms with E-state index in [9.17, 15) is 121 Å². The largest absolute Gasteiger partial charge is 0.481 e. The van der Waals surface area contributed by atoms with Crippen molar-refractivity contribution in [2.45, 2.75) is 177 Å². The van der Waals surface area contributed by atoms with Gasteiger partial charge in [0.1, 0.15) is 66.5 Å². The maximum absolute atomic E-state index is 14.4. The first-order valence-corrected chi connectivity index (χ1v) is 34.2.